The Morgan fingerprint density at radius 3 is 2.86 bits per heavy atom. The largest absolute Gasteiger partial charge is 0.484 e. The number of benzene rings is 1. The normalized spacial score (nSPS) is 18.1. The van der Waals surface area contributed by atoms with Gasteiger partial charge in [0.25, 0.3) is 5.91 Å². The molecule has 1 aromatic carbocycles. The van der Waals surface area contributed by atoms with Crippen LogP contribution in [0, 0.1) is 0 Å². The number of piperazine rings is 1. The zero-order valence-electron chi connectivity index (χ0n) is 12.2. The van der Waals surface area contributed by atoms with Crippen molar-refractivity contribution < 1.29 is 14.3 Å². The number of carbonyl (C=O) groups excluding carboxylic acids is 2. The van der Waals surface area contributed by atoms with Gasteiger partial charge in [-0.2, -0.15) is 0 Å². The van der Waals surface area contributed by atoms with Gasteiger partial charge in [0.1, 0.15) is 11.8 Å². The van der Waals surface area contributed by atoms with Gasteiger partial charge in [-0.1, -0.05) is 18.2 Å². The van der Waals surface area contributed by atoms with E-state index in [9.17, 15) is 9.59 Å². The van der Waals surface area contributed by atoms with Gasteiger partial charge in [0.15, 0.2) is 6.61 Å². The number of nitrogens with zero attached hydrogens (tertiary/aromatic N) is 1. The van der Waals surface area contributed by atoms with E-state index in [0.717, 1.165) is 0 Å². The van der Waals surface area contributed by atoms with E-state index in [0.29, 0.717) is 31.9 Å². The van der Waals surface area contributed by atoms with Gasteiger partial charge in [-0.05, 0) is 19.1 Å². The van der Waals surface area contributed by atoms with Crippen LogP contribution in [0.1, 0.15) is 6.92 Å². The smallest absolute Gasteiger partial charge is 0.261 e. The molecular formula is C15H21N3O3. The second-order valence-corrected chi connectivity index (χ2v) is 4.80. The SMILES string of the molecule is CCNC(=O)C1CNCCN1C(=O)COc1ccccc1. The van der Waals surface area contributed by atoms with Gasteiger partial charge in [-0.25, -0.2) is 0 Å². The average Bonchev–Trinajstić information content (AvgIpc) is 2.54. The topological polar surface area (TPSA) is 70.7 Å². The number of amides is 2. The molecule has 1 aliphatic rings. The molecule has 1 saturated heterocycles. The second kappa shape index (κ2) is 7.64. The first-order chi connectivity index (χ1) is 10.2. The molecule has 1 heterocycles. The van der Waals surface area contributed by atoms with Crippen molar-refractivity contribution in [2.75, 3.05) is 32.8 Å². The molecule has 2 amide bonds. The Balaban J connectivity index is 1.93. The molecule has 114 valence electrons. The summed E-state index contributed by atoms with van der Waals surface area (Å²) in [5.41, 5.74) is 0. The third-order valence-corrected chi connectivity index (χ3v) is 3.32. The molecule has 1 aromatic rings. The first-order valence-corrected chi connectivity index (χ1v) is 7.18. The molecule has 0 aliphatic carbocycles. The number of para-hydroxylation sites is 1. The lowest BCUT2D eigenvalue weighted by atomic mass is 10.1. The third-order valence-electron chi connectivity index (χ3n) is 3.32. The molecule has 0 aromatic heterocycles. The van der Waals surface area contributed by atoms with Crippen molar-refractivity contribution >= 4 is 11.8 Å². The predicted octanol–water partition coefficient (Wildman–Crippen LogP) is 0.00190. The molecule has 6 nitrogen and oxygen atoms in total. The summed E-state index contributed by atoms with van der Waals surface area (Å²) in [5, 5.41) is 5.90. The summed E-state index contributed by atoms with van der Waals surface area (Å²) >= 11 is 0. The van der Waals surface area contributed by atoms with Crippen LogP contribution in [0.2, 0.25) is 0 Å². The highest BCUT2D eigenvalue weighted by molar-refractivity contribution is 5.88. The summed E-state index contributed by atoms with van der Waals surface area (Å²) in [6.45, 7) is 4.03. The highest BCUT2D eigenvalue weighted by atomic mass is 16.5. The Morgan fingerprint density at radius 2 is 2.14 bits per heavy atom. The number of ether oxygens (including phenoxy) is 1. The lowest BCUT2D eigenvalue weighted by Gasteiger charge is -2.35. The van der Waals surface area contributed by atoms with Gasteiger partial charge in [0.05, 0.1) is 0 Å². The number of likely N-dealkylation sites (N-methyl/N-ethyl adjacent to an activating group) is 1. The third kappa shape index (κ3) is 4.19. The summed E-state index contributed by atoms with van der Waals surface area (Å²) < 4.78 is 5.47. The number of nitrogens with one attached hydrogen (secondary N) is 2. The van der Waals surface area contributed by atoms with Crippen molar-refractivity contribution in [2.45, 2.75) is 13.0 Å². The van der Waals surface area contributed by atoms with Gasteiger partial charge in [0, 0.05) is 26.2 Å². The van der Waals surface area contributed by atoms with Gasteiger partial charge in [0.2, 0.25) is 5.91 Å². The molecule has 1 unspecified atom stereocenters. The minimum Gasteiger partial charge on any atom is -0.484 e. The second-order valence-electron chi connectivity index (χ2n) is 4.80. The van der Waals surface area contributed by atoms with Crippen molar-refractivity contribution in [1.82, 2.24) is 15.5 Å². The molecule has 1 aliphatic heterocycles. The molecule has 1 atom stereocenters. The van der Waals surface area contributed by atoms with Crippen LogP contribution < -0.4 is 15.4 Å². The van der Waals surface area contributed by atoms with E-state index < -0.39 is 6.04 Å². The maximum atomic E-state index is 12.3. The molecular weight excluding hydrogens is 270 g/mol. The van der Waals surface area contributed by atoms with Crippen LogP contribution in [0.15, 0.2) is 30.3 Å². The maximum Gasteiger partial charge on any atom is 0.261 e. The molecule has 0 radical (unpaired) electrons. The average molecular weight is 291 g/mol. The van der Waals surface area contributed by atoms with Crippen molar-refractivity contribution in [3.63, 3.8) is 0 Å². The summed E-state index contributed by atoms with van der Waals surface area (Å²) in [6.07, 6.45) is 0. The highest BCUT2D eigenvalue weighted by Gasteiger charge is 2.31. The lowest BCUT2D eigenvalue weighted by Crippen LogP contribution is -2.60. The van der Waals surface area contributed by atoms with Crippen LogP contribution in [-0.4, -0.2) is 55.5 Å². The van der Waals surface area contributed by atoms with E-state index in [-0.39, 0.29) is 18.4 Å². The van der Waals surface area contributed by atoms with Gasteiger partial charge >= 0.3 is 0 Å². The van der Waals surface area contributed by atoms with Crippen LogP contribution >= 0.6 is 0 Å². The Morgan fingerprint density at radius 1 is 1.38 bits per heavy atom. The molecule has 2 rings (SSSR count). The van der Waals surface area contributed by atoms with Crippen molar-refractivity contribution in [2.24, 2.45) is 0 Å². The van der Waals surface area contributed by atoms with Crippen molar-refractivity contribution in [3.8, 4) is 5.75 Å². The number of carbonyl (C=O) groups is 2. The number of hydrogen-bond acceptors (Lipinski definition) is 4. The van der Waals surface area contributed by atoms with E-state index in [1.54, 1.807) is 17.0 Å². The zero-order valence-corrected chi connectivity index (χ0v) is 12.2. The molecule has 0 saturated carbocycles. The van der Waals surface area contributed by atoms with E-state index in [2.05, 4.69) is 10.6 Å². The minimum atomic E-state index is -0.467. The van der Waals surface area contributed by atoms with Crippen LogP contribution in [0.25, 0.3) is 0 Å². The maximum absolute atomic E-state index is 12.3. The lowest BCUT2D eigenvalue weighted by molar-refractivity contribution is -0.143. The first kappa shape index (κ1) is 15.3. The monoisotopic (exact) mass is 291 g/mol. The molecule has 2 N–H and O–H groups in total. The van der Waals surface area contributed by atoms with E-state index >= 15 is 0 Å². The van der Waals surface area contributed by atoms with Crippen LogP contribution in [0.4, 0.5) is 0 Å². The molecule has 0 spiro atoms. The standard InChI is InChI=1S/C15H21N3O3/c1-2-17-15(20)13-10-16-8-9-18(13)14(19)11-21-12-6-4-3-5-7-12/h3-7,13,16H,2,8-11H2,1H3,(H,17,20). The fraction of sp³-hybridized carbons (Fsp3) is 0.467. The first-order valence-electron chi connectivity index (χ1n) is 7.18. The van der Waals surface area contributed by atoms with Gasteiger partial charge in [-0.15, -0.1) is 0 Å². The Kier molecular flexibility index (Phi) is 5.57. The summed E-state index contributed by atoms with van der Waals surface area (Å²) in [7, 11) is 0. The van der Waals surface area contributed by atoms with Crippen LogP contribution in [0.3, 0.4) is 0 Å². The predicted molar refractivity (Wildman–Crippen MR) is 79.0 cm³/mol. The molecule has 6 heteroatoms. The Bertz CT molecular complexity index is 478. The number of rotatable bonds is 5. The Labute approximate surface area is 124 Å². The van der Waals surface area contributed by atoms with Crippen molar-refractivity contribution in [3.05, 3.63) is 30.3 Å². The molecule has 0 bridgehead atoms. The van der Waals surface area contributed by atoms with Crippen LogP contribution in [-0.2, 0) is 9.59 Å². The van der Waals surface area contributed by atoms with E-state index in [4.69, 9.17) is 4.74 Å². The van der Waals surface area contributed by atoms with Gasteiger partial charge in [-0.3, -0.25) is 9.59 Å². The fourth-order valence-electron chi connectivity index (χ4n) is 2.27. The quantitative estimate of drug-likeness (QED) is 0.801. The van der Waals surface area contributed by atoms with E-state index in [1.807, 2.05) is 25.1 Å². The Hall–Kier alpha value is -2.08. The molecule has 21 heavy (non-hydrogen) atoms. The minimum absolute atomic E-state index is 0.0556. The van der Waals surface area contributed by atoms with Gasteiger partial charge < -0.3 is 20.3 Å². The van der Waals surface area contributed by atoms with Crippen LogP contribution in [0.5, 0.6) is 5.75 Å². The number of hydrogen-bond donors (Lipinski definition) is 2. The van der Waals surface area contributed by atoms with E-state index in [1.165, 1.54) is 0 Å². The zero-order chi connectivity index (χ0) is 15.1. The van der Waals surface area contributed by atoms with Crippen molar-refractivity contribution in [1.29, 1.82) is 0 Å². The molecule has 1 fully saturated rings. The highest BCUT2D eigenvalue weighted by Crippen LogP contribution is 2.10. The summed E-state index contributed by atoms with van der Waals surface area (Å²) in [4.78, 5) is 25.9. The fourth-order valence-corrected chi connectivity index (χ4v) is 2.27. The summed E-state index contributed by atoms with van der Waals surface area (Å²) in [6, 6.07) is 8.71. The summed E-state index contributed by atoms with van der Waals surface area (Å²) in [5.74, 6) is 0.352.